The Morgan fingerprint density at radius 2 is 2.21 bits per heavy atom. The van der Waals surface area contributed by atoms with E-state index in [0.29, 0.717) is 19.1 Å². The summed E-state index contributed by atoms with van der Waals surface area (Å²) in [6, 6.07) is 0. The minimum absolute atomic E-state index is 0.558. The minimum Gasteiger partial charge on any atom is -0.385 e. The fraction of sp³-hybridized carbons (Fsp3) is 0.667. The van der Waals surface area contributed by atoms with Gasteiger partial charge in [0.15, 0.2) is 0 Å². The highest BCUT2D eigenvalue weighted by molar-refractivity contribution is 5.79. The first-order valence-corrected chi connectivity index (χ1v) is 6.33. The summed E-state index contributed by atoms with van der Waals surface area (Å²) in [4.78, 5) is 4.42. The number of hydrogen-bond acceptors (Lipinski definition) is 4. The number of aryl methyl sites for hydroxylation is 2. The number of guanidine groups is 1. The first-order chi connectivity index (χ1) is 9.10. The van der Waals surface area contributed by atoms with Crippen molar-refractivity contribution >= 4 is 5.96 Å². The van der Waals surface area contributed by atoms with E-state index in [1.165, 1.54) is 0 Å². The van der Waals surface area contributed by atoms with E-state index >= 15 is 0 Å². The molecule has 1 rings (SSSR count). The van der Waals surface area contributed by atoms with Gasteiger partial charge in [0.05, 0.1) is 12.2 Å². The molecular weight excluding hydrogens is 244 g/mol. The Balaban J connectivity index is 2.56. The van der Waals surface area contributed by atoms with Crippen LogP contribution in [0.2, 0.25) is 0 Å². The van der Waals surface area contributed by atoms with Crippen LogP contribution < -0.4 is 16.6 Å². The van der Waals surface area contributed by atoms with E-state index in [0.717, 1.165) is 29.9 Å². The van der Waals surface area contributed by atoms with Gasteiger partial charge in [0.2, 0.25) is 5.96 Å². The van der Waals surface area contributed by atoms with Crippen molar-refractivity contribution in [1.29, 1.82) is 0 Å². The Morgan fingerprint density at radius 3 is 2.74 bits per heavy atom. The second-order valence-corrected chi connectivity index (χ2v) is 4.36. The van der Waals surface area contributed by atoms with Gasteiger partial charge in [0.1, 0.15) is 0 Å². The molecule has 0 spiro atoms. The van der Waals surface area contributed by atoms with Crippen LogP contribution in [0.1, 0.15) is 23.4 Å². The van der Waals surface area contributed by atoms with Crippen molar-refractivity contribution in [2.75, 3.05) is 20.3 Å². The van der Waals surface area contributed by atoms with E-state index in [-0.39, 0.29) is 0 Å². The van der Waals surface area contributed by atoms with E-state index in [1.807, 2.05) is 25.6 Å². The second-order valence-electron chi connectivity index (χ2n) is 4.36. The lowest BCUT2D eigenvalue weighted by Crippen LogP contribution is -2.42. The Bertz CT molecular complexity index is 426. The van der Waals surface area contributed by atoms with Crippen LogP contribution in [-0.2, 0) is 18.3 Å². The van der Waals surface area contributed by atoms with Crippen LogP contribution in [0.5, 0.6) is 0 Å². The number of hydrogen-bond donors (Lipinski definition) is 3. The number of nitrogens with one attached hydrogen (secondary N) is 2. The molecule has 1 aromatic heterocycles. The number of hydrazine groups is 1. The summed E-state index contributed by atoms with van der Waals surface area (Å²) in [6.45, 7) is 6.06. The van der Waals surface area contributed by atoms with Crippen molar-refractivity contribution in [3.8, 4) is 0 Å². The lowest BCUT2D eigenvalue weighted by atomic mass is 10.2. The van der Waals surface area contributed by atoms with Crippen molar-refractivity contribution < 1.29 is 4.74 Å². The lowest BCUT2D eigenvalue weighted by molar-refractivity contribution is 0.195. The molecule has 0 unspecified atom stereocenters. The van der Waals surface area contributed by atoms with Crippen molar-refractivity contribution in [1.82, 2.24) is 20.5 Å². The first kappa shape index (κ1) is 15.5. The Hall–Kier alpha value is -1.60. The predicted octanol–water partition coefficient (Wildman–Crippen LogP) is -0.0177. The van der Waals surface area contributed by atoms with Gasteiger partial charge < -0.3 is 10.1 Å². The fourth-order valence-electron chi connectivity index (χ4n) is 1.78. The monoisotopic (exact) mass is 268 g/mol. The van der Waals surface area contributed by atoms with E-state index in [4.69, 9.17) is 10.6 Å². The van der Waals surface area contributed by atoms with E-state index in [1.54, 1.807) is 7.11 Å². The summed E-state index contributed by atoms with van der Waals surface area (Å²) < 4.78 is 6.84. The van der Waals surface area contributed by atoms with Crippen LogP contribution in [-0.4, -0.2) is 36.0 Å². The normalized spacial score (nSPS) is 11.7. The van der Waals surface area contributed by atoms with E-state index < -0.39 is 0 Å². The maximum Gasteiger partial charge on any atom is 0.206 e. The summed E-state index contributed by atoms with van der Waals surface area (Å²) in [7, 11) is 3.62. The average Bonchev–Trinajstić information content (AvgIpc) is 2.63. The van der Waals surface area contributed by atoms with Crippen molar-refractivity contribution in [2.24, 2.45) is 17.9 Å². The van der Waals surface area contributed by atoms with Gasteiger partial charge in [-0.15, -0.1) is 0 Å². The molecule has 0 saturated heterocycles. The Morgan fingerprint density at radius 1 is 1.47 bits per heavy atom. The molecule has 108 valence electrons. The third-order valence-corrected chi connectivity index (χ3v) is 3.01. The number of rotatable bonds is 6. The summed E-state index contributed by atoms with van der Waals surface area (Å²) in [6.07, 6.45) is 0.905. The molecule has 4 N–H and O–H groups in total. The summed E-state index contributed by atoms with van der Waals surface area (Å²) in [5.74, 6) is 6.02. The van der Waals surface area contributed by atoms with E-state index in [2.05, 4.69) is 20.8 Å². The van der Waals surface area contributed by atoms with Gasteiger partial charge in [0, 0.05) is 38.6 Å². The zero-order valence-corrected chi connectivity index (χ0v) is 12.2. The highest BCUT2D eigenvalue weighted by atomic mass is 16.5. The van der Waals surface area contributed by atoms with Crippen LogP contribution >= 0.6 is 0 Å². The molecule has 19 heavy (non-hydrogen) atoms. The van der Waals surface area contributed by atoms with Gasteiger partial charge in [-0.1, -0.05) is 0 Å². The molecule has 0 aliphatic heterocycles. The highest BCUT2D eigenvalue weighted by Gasteiger charge is 2.08. The molecule has 0 aromatic carbocycles. The highest BCUT2D eigenvalue weighted by Crippen LogP contribution is 2.12. The number of nitrogens with zero attached hydrogens (tertiary/aromatic N) is 3. The van der Waals surface area contributed by atoms with Crippen LogP contribution in [0.25, 0.3) is 0 Å². The molecule has 0 aliphatic carbocycles. The van der Waals surface area contributed by atoms with Crippen molar-refractivity contribution in [2.45, 2.75) is 26.8 Å². The van der Waals surface area contributed by atoms with Crippen molar-refractivity contribution in [3.63, 3.8) is 0 Å². The van der Waals surface area contributed by atoms with Crippen LogP contribution in [0.3, 0.4) is 0 Å². The maximum absolute atomic E-state index is 5.44. The molecule has 7 nitrogen and oxygen atoms in total. The van der Waals surface area contributed by atoms with Gasteiger partial charge in [0.25, 0.3) is 0 Å². The molecule has 0 bridgehead atoms. The van der Waals surface area contributed by atoms with Gasteiger partial charge in [-0.2, -0.15) is 5.10 Å². The van der Waals surface area contributed by atoms with E-state index in [9.17, 15) is 0 Å². The second kappa shape index (κ2) is 7.75. The number of aromatic nitrogens is 2. The molecule has 7 heteroatoms. The fourth-order valence-corrected chi connectivity index (χ4v) is 1.78. The summed E-state index contributed by atoms with van der Waals surface area (Å²) in [5, 5.41) is 7.49. The SMILES string of the molecule is COCCCNC(=NCc1c(C)nn(C)c1C)NN. The number of nitrogens with two attached hydrogens (primary N) is 1. The smallest absolute Gasteiger partial charge is 0.206 e. The standard InChI is InChI=1S/C12H24N6O/c1-9-11(10(2)18(3)17-9)8-15-12(16-13)14-6-5-7-19-4/h5-8,13H2,1-4H3,(H2,14,15,16). The van der Waals surface area contributed by atoms with Crippen LogP contribution in [0, 0.1) is 13.8 Å². The summed E-state index contributed by atoms with van der Waals surface area (Å²) >= 11 is 0. The molecule has 1 aromatic rings. The number of aliphatic imine (C=N–C) groups is 1. The first-order valence-electron chi connectivity index (χ1n) is 6.33. The quantitative estimate of drug-likeness (QED) is 0.222. The van der Waals surface area contributed by atoms with Crippen molar-refractivity contribution in [3.05, 3.63) is 17.0 Å². The Kier molecular flexibility index (Phi) is 6.31. The molecule has 0 aliphatic rings. The third kappa shape index (κ3) is 4.53. The number of ether oxygens (including phenoxy) is 1. The van der Waals surface area contributed by atoms with Crippen LogP contribution in [0.15, 0.2) is 4.99 Å². The molecule has 0 radical (unpaired) electrons. The minimum atomic E-state index is 0.558. The van der Waals surface area contributed by atoms with Gasteiger partial charge >= 0.3 is 0 Å². The largest absolute Gasteiger partial charge is 0.385 e. The molecule has 0 fully saturated rings. The summed E-state index contributed by atoms with van der Waals surface area (Å²) in [5.41, 5.74) is 5.82. The van der Waals surface area contributed by atoms with Gasteiger partial charge in [-0.05, 0) is 20.3 Å². The zero-order chi connectivity index (χ0) is 14.3. The molecule has 0 saturated carbocycles. The topological polar surface area (TPSA) is 89.5 Å². The number of methoxy groups -OCH3 is 1. The maximum atomic E-state index is 5.44. The Labute approximate surface area is 114 Å². The van der Waals surface area contributed by atoms with Gasteiger partial charge in [-0.3, -0.25) is 10.1 Å². The lowest BCUT2D eigenvalue weighted by Gasteiger charge is -2.08. The molecule has 0 amide bonds. The molecule has 1 heterocycles. The zero-order valence-electron chi connectivity index (χ0n) is 12.2. The predicted molar refractivity (Wildman–Crippen MR) is 75.6 cm³/mol. The average molecular weight is 268 g/mol. The molecule has 0 atom stereocenters. The van der Waals surface area contributed by atoms with Crippen LogP contribution in [0.4, 0.5) is 0 Å². The van der Waals surface area contributed by atoms with Gasteiger partial charge in [-0.25, -0.2) is 10.8 Å². The third-order valence-electron chi connectivity index (χ3n) is 3.01. The molecular formula is C12H24N6O.